The number of amides is 1. The fraction of sp³-hybridized carbons (Fsp3) is 0.550. The molecule has 1 aliphatic heterocycles. The van der Waals surface area contributed by atoms with Crippen LogP contribution in [0.1, 0.15) is 49.4 Å². The number of pyridine rings is 1. The summed E-state index contributed by atoms with van der Waals surface area (Å²) in [7, 11) is 0. The maximum absolute atomic E-state index is 12.7. The van der Waals surface area contributed by atoms with E-state index >= 15 is 0 Å². The van der Waals surface area contributed by atoms with Crippen LogP contribution >= 0.6 is 0 Å². The lowest BCUT2D eigenvalue weighted by molar-refractivity contribution is -0.131. The van der Waals surface area contributed by atoms with Crippen LogP contribution < -0.4 is 0 Å². The molecule has 3 heterocycles. The molecule has 2 aliphatic rings. The van der Waals surface area contributed by atoms with Crippen LogP contribution in [0.5, 0.6) is 0 Å². The zero-order chi connectivity index (χ0) is 17.1. The minimum absolute atomic E-state index is 0.204. The zero-order valence-electron chi connectivity index (χ0n) is 14.7. The number of imidazole rings is 1. The number of hydrogen-bond donors (Lipinski definition) is 0. The van der Waals surface area contributed by atoms with Gasteiger partial charge < -0.3 is 9.47 Å². The second-order valence-corrected chi connectivity index (χ2v) is 7.45. The summed E-state index contributed by atoms with van der Waals surface area (Å²) in [5, 5.41) is 0. The standard InChI is InChI=1S/C20H26N4O/c25-19(12-17-6-2-8-21-13-17)23-10-3-7-18(15-23)20-22-9-11-24(20)14-16-4-1-5-16/h2,6,8-9,11,13,16,18H,1,3-5,7,10,12,14-15H2/t18-/m0/s1. The summed E-state index contributed by atoms with van der Waals surface area (Å²) >= 11 is 0. The van der Waals surface area contributed by atoms with Crippen molar-refractivity contribution < 1.29 is 4.79 Å². The quantitative estimate of drug-likeness (QED) is 0.842. The van der Waals surface area contributed by atoms with Gasteiger partial charge in [0, 0.05) is 50.3 Å². The molecule has 132 valence electrons. The average Bonchev–Trinajstić information content (AvgIpc) is 3.07. The molecule has 5 nitrogen and oxygen atoms in total. The van der Waals surface area contributed by atoms with Crippen molar-refractivity contribution in [2.45, 2.75) is 51.0 Å². The number of piperidine rings is 1. The summed E-state index contributed by atoms with van der Waals surface area (Å²) in [4.78, 5) is 23.4. The fourth-order valence-corrected chi connectivity index (χ4v) is 3.99. The van der Waals surface area contributed by atoms with E-state index in [1.165, 1.54) is 25.1 Å². The predicted molar refractivity (Wildman–Crippen MR) is 96.1 cm³/mol. The van der Waals surface area contributed by atoms with Crippen LogP contribution in [0, 0.1) is 5.92 Å². The van der Waals surface area contributed by atoms with E-state index in [-0.39, 0.29) is 5.91 Å². The Morgan fingerprint density at radius 3 is 2.88 bits per heavy atom. The van der Waals surface area contributed by atoms with Crippen molar-refractivity contribution in [1.29, 1.82) is 0 Å². The van der Waals surface area contributed by atoms with Crippen molar-refractivity contribution in [1.82, 2.24) is 19.4 Å². The number of aromatic nitrogens is 3. The normalized spacial score (nSPS) is 21.1. The van der Waals surface area contributed by atoms with E-state index in [1.807, 2.05) is 23.2 Å². The van der Waals surface area contributed by atoms with Gasteiger partial charge in [-0.3, -0.25) is 9.78 Å². The van der Waals surface area contributed by atoms with Gasteiger partial charge in [-0.15, -0.1) is 0 Å². The molecule has 0 unspecified atom stereocenters. The molecule has 0 spiro atoms. The third-order valence-electron chi connectivity index (χ3n) is 5.64. The maximum Gasteiger partial charge on any atom is 0.227 e. The Kier molecular flexibility index (Phi) is 4.81. The molecule has 1 amide bonds. The smallest absolute Gasteiger partial charge is 0.227 e. The van der Waals surface area contributed by atoms with Gasteiger partial charge in [-0.2, -0.15) is 0 Å². The van der Waals surface area contributed by atoms with Gasteiger partial charge in [-0.1, -0.05) is 12.5 Å². The monoisotopic (exact) mass is 338 g/mol. The van der Waals surface area contributed by atoms with E-state index in [9.17, 15) is 4.79 Å². The molecule has 0 aromatic carbocycles. The van der Waals surface area contributed by atoms with Gasteiger partial charge in [0.05, 0.1) is 6.42 Å². The third-order valence-corrected chi connectivity index (χ3v) is 5.64. The first-order chi connectivity index (χ1) is 12.3. The van der Waals surface area contributed by atoms with Crippen LogP contribution in [0.15, 0.2) is 36.9 Å². The van der Waals surface area contributed by atoms with E-state index in [0.717, 1.165) is 44.0 Å². The minimum atomic E-state index is 0.204. The van der Waals surface area contributed by atoms with Crippen LogP contribution in [0.4, 0.5) is 0 Å². The molecule has 1 saturated heterocycles. The summed E-state index contributed by atoms with van der Waals surface area (Å²) in [6.45, 7) is 2.75. The van der Waals surface area contributed by atoms with Gasteiger partial charge >= 0.3 is 0 Å². The number of hydrogen-bond acceptors (Lipinski definition) is 3. The van der Waals surface area contributed by atoms with Crippen molar-refractivity contribution in [3.8, 4) is 0 Å². The fourth-order valence-electron chi connectivity index (χ4n) is 3.99. The molecule has 0 N–H and O–H groups in total. The first-order valence-corrected chi connectivity index (χ1v) is 9.47. The summed E-state index contributed by atoms with van der Waals surface area (Å²) in [6.07, 6.45) is 14.2. The lowest BCUT2D eigenvalue weighted by atomic mass is 9.85. The van der Waals surface area contributed by atoms with Gasteiger partial charge in [-0.25, -0.2) is 4.98 Å². The van der Waals surface area contributed by atoms with Crippen LogP contribution in [-0.4, -0.2) is 38.4 Å². The van der Waals surface area contributed by atoms with Gasteiger partial charge in [-0.05, 0) is 43.2 Å². The number of carbonyl (C=O) groups excluding carboxylic acids is 1. The largest absolute Gasteiger partial charge is 0.342 e. The SMILES string of the molecule is O=C(Cc1cccnc1)N1CCC[C@H](c2nccn2CC2CCC2)C1. The van der Waals surface area contributed by atoms with E-state index in [2.05, 4.69) is 20.7 Å². The van der Waals surface area contributed by atoms with Crippen molar-refractivity contribution in [3.05, 3.63) is 48.3 Å². The Balaban J connectivity index is 1.41. The molecule has 0 radical (unpaired) electrons. The molecule has 4 rings (SSSR count). The summed E-state index contributed by atoms with van der Waals surface area (Å²) in [5.41, 5.74) is 0.987. The molecule has 1 atom stereocenters. The van der Waals surface area contributed by atoms with Gasteiger partial charge in [0.2, 0.25) is 5.91 Å². The minimum Gasteiger partial charge on any atom is -0.342 e. The molecule has 2 aromatic heterocycles. The van der Waals surface area contributed by atoms with E-state index in [0.29, 0.717) is 12.3 Å². The molecule has 25 heavy (non-hydrogen) atoms. The Hall–Kier alpha value is -2.17. The summed E-state index contributed by atoms with van der Waals surface area (Å²) in [6, 6.07) is 3.86. The molecular formula is C20H26N4O. The van der Waals surface area contributed by atoms with Crippen molar-refractivity contribution >= 4 is 5.91 Å². The first kappa shape index (κ1) is 16.3. The Morgan fingerprint density at radius 2 is 2.12 bits per heavy atom. The highest BCUT2D eigenvalue weighted by molar-refractivity contribution is 5.78. The van der Waals surface area contributed by atoms with Crippen LogP contribution in [-0.2, 0) is 17.8 Å². The second kappa shape index (κ2) is 7.38. The Bertz CT molecular complexity index is 707. The molecule has 5 heteroatoms. The van der Waals surface area contributed by atoms with Crippen LogP contribution in [0.3, 0.4) is 0 Å². The molecule has 2 fully saturated rings. The van der Waals surface area contributed by atoms with Gasteiger partial charge in [0.15, 0.2) is 0 Å². The molecular weight excluding hydrogens is 312 g/mol. The summed E-state index contributed by atoms with van der Waals surface area (Å²) in [5.74, 6) is 2.56. The van der Waals surface area contributed by atoms with Gasteiger partial charge in [0.25, 0.3) is 0 Å². The average molecular weight is 338 g/mol. The van der Waals surface area contributed by atoms with Crippen LogP contribution in [0.25, 0.3) is 0 Å². The van der Waals surface area contributed by atoms with Gasteiger partial charge in [0.1, 0.15) is 5.82 Å². The molecule has 2 aromatic rings. The topological polar surface area (TPSA) is 51.0 Å². The van der Waals surface area contributed by atoms with E-state index in [4.69, 9.17) is 0 Å². The number of likely N-dealkylation sites (tertiary alicyclic amines) is 1. The maximum atomic E-state index is 12.7. The number of carbonyl (C=O) groups is 1. The van der Waals surface area contributed by atoms with Crippen LogP contribution in [0.2, 0.25) is 0 Å². The highest BCUT2D eigenvalue weighted by Gasteiger charge is 2.28. The van der Waals surface area contributed by atoms with Crippen molar-refractivity contribution in [3.63, 3.8) is 0 Å². The third kappa shape index (κ3) is 3.75. The number of rotatable bonds is 5. The lowest BCUT2D eigenvalue weighted by Crippen LogP contribution is -2.40. The first-order valence-electron chi connectivity index (χ1n) is 9.47. The Morgan fingerprint density at radius 1 is 1.20 bits per heavy atom. The van der Waals surface area contributed by atoms with Crippen molar-refractivity contribution in [2.75, 3.05) is 13.1 Å². The highest BCUT2D eigenvalue weighted by atomic mass is 16.2. The molecule has 0 bridgehead atoms. The lowest BCUT2D eigenvalue weighted by Gasteiger charge is -2.34. The van der Waals surface area contributed by atoms with Crippen molar-refractivity contribution in [2.24, 2.45) is 5.92 Å². The Labute approximate surface area is 149 Å². The molecule has 1 aliphatic carbocycles. The summed E-state index contributed by atoms with van der Waals surface area (Å²) < 4.78 is 2.34. The number of nitrogens with zero attached hydrogens (tertiary/aromatic N) is 4. The highest BCUT2D eigenvalue weighted by Crippen LogP contribution is 2.31. The second-order valence-electron chi connectivity index (χ2n) is 7.45. The predicted octanol–water partition coefficient (Wildman–Crippen LogP) is 3.03. The zero-order valence-corrected chi connectivity index (χ0v) is 14.7. The molecule has 1 saturated carbocycles. The van der Waals surface area contributed by atoms with E-state index in [1.54, 1.807) is 12.4 Å². The van der Waals surface area contributed by atoms with E-state index < -0.39 is 0 Å².